The summed E-state index contributed by atoms with van der Waals surface area (Å²) in [5, 5.41) is 12.1. The number of rotatable bonds is 3. The molecule has 0 saturated carbocycles. The summed E-state index contributed by atoms with van der Waals surface area (Å²) in [6, 6.07) is 11.7. The van der Waals surface area contributed by atoms with Gasteiger partial charge in [-0.15, -0.1) is 5.10 Å². The van der Waals surface area contributed by atoms with Crippen LogP contribution in [0.2, 0.25) is 0 Å². The van der Waals surface area contributed by atoms with E-state index in [1.165, 1.54) is 0 Å². The van der Waals surface area contributed by atoms with Gasteiger partial charge in [-0.25, -0.2) is 4.68 Å². The zero-order valence-corrected chi connectivity index (χ0v) is 10.4. The lowest BCUT2D eigenvalue weighted by molar-refractivity contribution is 0.721. The highest BCUT2D eigenvalue weighted by Gasteiger charge is 2.16. The van der Waals surface area contributed by atoms with Crippen LogP contribution in [0.15, 0.2) is 53.4 Å². The summed E-state index contributed by atoms with van der Waals surface area (Å²) < 4.78 is 1.78. The van der Waals surface area contributed by atoms with E-state index in [0.717, 1.165) is 16.9 Å². The van der Waals surface area contributed by atoms with Crippen molar-refractivity contribution in [3.63, 3.8) is 0 Å². The average molecular weight is 256 g/mol. The van der Waals surface area contributed by atoms with Gasteiger partial charge < -0.3 is 5.73 Å². The fraction of sp³-hybridized carbons (Fsp3) is 0.0769. The van der Waals surface area contributed by atoms with Crippen LogP contribution in [0, 0.1) is 0 Å². The molecule has 90 valence electrons. The van der Waals surface area contributed by atoms with E-state index >= 15 is 0 Å². The minimum absolute atomic E-state index is 0.202. The van der Waals surface area contributed by atoms with Crippen molar-refractivity contribution in [3.8, 4) is 5.69 Å². The first-order valence-electron chi connectivity index (χ1n) is 5.60. The van der Waals surface area contributed by atoms with Gasteiger partial charge >= 0.3 is 0 Å². The van der Waals surface area contributed by atoms with Gasteiger partial charge in [0, 0.05) is 0 Å². The van der Waals surface area contributed by atoms with Crippen molar-refractivity contribution in [1.29, 1.82) is 0 Å². The number of benzene rings is 1. The number of aromatic nitrogens is 3. The topological polar surface area (TPSA) is 56.7 Å². The Morgan fingerprint density at radius 2 is 2.00 bits per heavy atom. The van der Waals surface area contributed by atoms with Crippen LogP contribution in [0.3, 0.4) is 0 Å². The number of thiophene rings is 1. The van der Waals surface area contributed by atoms with Gasteiger partial charge in [-0.3, -0.25) is 0 Å². The second-order valence-electron chi connectivity index (χ2n) is 3.94. The minimum atomic E-state index is -0.202. The van der Waals surface area contributed by atoms with E-state index in [1.54, 1.807) is 22.2 Å². The van der Waals surface area contributed by atoms with Crippen molar-refractivity contribution in [2.75, 3.05) is 0 Å². The summed E-state index contributed by atoms with van der Waals surface area (Å²) in [6.45, 7) is 0. The van der Waals surface area contributed by atoms with Crippen molar-refractivity contribution in [1.82, 2.24) is 15.0 Å². The predicted molar refractivity (Wildman–Crippen MR) is 71.7 cm³/mol. The molecule has 4 nitrogen and oxygen atoms in total. The van der Waals surface area contributed by atoms with Gasteiger partial charge in [0.2, 0.25) is 0 Å². The first kappa shape index (κ1) is 11.1. The molecule has 3 rings (SSSR count). The fourth-order valence-electron chi connectivity index (χ4n) is 1.85. The summed E-state index contributed by atoms with van der Waals surface area (Å²) in [7, 11) is 0. The summed E-state index contributed by atoms with van der Waals surface area (Å²) in [5.41, 5.74) is 9.19. The highest BCUT2D eigenvalue weighted by atomic mass is 32.1. The van der Waals surface area contributed by atoms with E-state index in [0.29, 0.717) is 0 Å². The van der Waals surface area contributed by atoms with Gasteiger partial charge in [0.1, 0.15) is 0 Å². The SMILES string of the molecule is NC(c1ccsc1)c1cnnn1-c1ccccc1. The minimum Gasteiger partial charge on any atom is -0.319 e. The quantitative estimate of drug-likeness (QED) is 0.782. The molecule has 2 N–H and O–H groups in total. The van der Waals surface area contributed by atoms with Crippen LogP contribution in [0.4, 0.5) is 0 Å². The van der Waals surface area contributed by atoms with Crippen molar-refractivity contribution < 1.29 is 0 Å². The molecular formula is C13H12N4S. The van der Waals surface area contributed by atoms with Crippen LogP contribution in [0.5, 0.6) is 0 Å². The van der Waals surface area contributed by atoms with E-state index in [-0.39, 0.29) is 6.04 Å². The normalized spacial score (nSPS) is 12.5. The maximum absolute atomic E-state index is 6.25. The zero-order valence-electron chi connectivity index (χ0n) is 9.60. The molecule has 1 unspecified atom stereocenters. The maximum atomic E-state index is 6.25. The summed E-state index contributed by atoms with van der Waals surface area (Å²) >= 11 is 1.64. The molecule has 0 aliphatic rings. The molecule has 2 aromatic heterocycles. The largest absolute Gasteiger partial charge is 0.319 e. The smallest absolute Gasteiger partial charge is 0.0858 e. The Morgan fingerprint density at radius 1 is 1.17 bits per heavy atom. The third-order valence-electron chi connectivity index (χ3n) is 2.80. The predicted octanol–water partition coefficient (Wildman–Crippen LogP) is 2.38. The molecule has 0 aliphatic carbocycles. The average Bonchev–Trinajstić information content (AvgIpc) is 3.10. The first-order valence-corrected chi connectivity index (χ1v) is 6.54. The van der Waals surface area contributed by atoms with Crippen LogP contribution >= 0.6 is 11.3 Å². The van der Waals surface area contributed by atoms with Gasteiger partial charge in [0.05, 0.1) is 23.6 Å². The molecule has 3 aromatic rings. The molecule has 0 bridgehead atoms. The Hall–Kier alpha value is -1.98. The van der Waals surface area contributed by atoms with Crippen LogP contribution in [-0.4, -0.2) is 15.0 Å². The Balaban J connectivity index is 2.02. The van der Waals surface area contributed by atoms with E-state index in [1.807, 2.05) is 47.2 Å². The van der Waals surface area contributed by atoms with E-state index < -0.39 is 0 Å². The van der Waals surface area contributed by atoms with E-state index in [2.05, 4.69) is 10.3 Å². The first-order chi connectivity index (χ1) is 8.86. The molecule has 0 amide bonds. The van der Waals surface area contributed by atoms with Gasteiger partial charge in [0.15, 0.2) is 0 Å². The van der Waals surface area contributed by atoms with Gasteiger partial charge in [0.25, 0.3) is 0 Å². The highest BCUT2D eigenvalue weighted by molar-refractivity contribution is 7.08. The lowest BCUT2D eigenvalue weighted by atomic mass is 10.1. The monoisotopic (exact) mass is 256 g/mol. The molecular weight excluding hydrogens is 244 g/mol. The van der Waals surface area contributed by atoms with E-state index in [9.17, 15) is 0 Å². The number of nitrogens with two attached hydrogens (primary N) is 1. The Morgan fingerprint density at radius 3 is 2.72 bits per heavy atom. The van der Waals surface area contributed by atoms with E-state index in [4.69, 9.17) is 5.73 Å². The van der Waals surface area contributed by atoms with Crippen molar-refractivity contribution in [2.45, 2.75) is 6.04 Å². The molecule has 0 spiro atoms. The Kier molecular flexibility index (Phi) is 2.92. The number of nitrogens with zero attached hydrogens (tertiary/aromatic N) is 3. The highest BCUT2D eigenvalue weighted by Crippen LogP contribution is 2.22. The molecule has 1 aromatic carbocycles. The molecule has 0 fully saturated rings. The molecule has 18 heavy (non-hydrogen) atoms. The molecule has 1 atom stereocenters. The lowest BCUT2D eigenvalue weighted by Crippen LogP contribution is -2.16. The zero-order chi connectivity index (χ0) is 12.4. The molecule has 2 heterocycles. The standard InChI is InChI=1S/C13H12N4S/c14-13(10-6-7-18-9-10)12-8-15-16-17(12)11-4-2-1-3-5-11/h1-9,13H,14H2. The van der Waals surface area contributed by atoms with Crippen LogP contribution < -0.4 is 5.73 Å². The van der Waals surface area contributed by atoms with Crippen molar-refractivity contribution >= 4 is 11.3 Å². The number of hydrogen-bond acceptors (Lipinski definition) is 4. The second-order valence-corrected chi connectivity index (χ2v) is 4.72. The van der Waals surface area contributed by atoms with Crippen LogP contribution in [-0.2, 0) is 0 Å². The third kappa shape index (κ3) is 1.94. The summed E-state index contributed by atoms with van der Waals surface area (Å²) in [6.07, 6.45) is 1.72. The van der Waals surface area contributed by atoms with Crippen LogP contribution in [0.1, 0.15) is 17.3 Å². The summed E-state index contributed by atoms with van der Waals surface area (Å²) in [4.78, 5) is 0. The Labute approximate surface area is 109 Å². The molecule has 0 aliphatic heterocycles. The van der Waals surface area contributed by atoms with Gasteiger partial charge in [-0.1, -0.05) is 23.4 Å². The van der Waals surface area contributed by atoms with Crippen molar-refractivity contribution in [2.24, 2.45) is 5.73 Å². The molecule has 0 saturated heterocycles. The second kappa shape index (κ2) is 4.72. The Bertz CT molecular complexity index is 616. The fourth-order valence-corrected chi connectivity index (χ4v) is 2.54. The lowest BCUT2D eigenvalue weighted by Gasteiger charge is -2.11. The summed E-state index contributed by atoms with van der Waals surface area (Å²) in [5.74, 6) is 0. The maximum Gasteiger partial charge on any atom is 0.0858 e. The number of hydrogen-bond donors (Lipinski definition) is 1. The third-order valence-corrected chi connectivity index (χ3v) is 3.50. The van der Waals surface area contributed by atoms with Gasteiger partial charge in [-0.2, -0.15) is 11.3 Å². The van der Waals surface area contributed by atoms with Gasteiger partial charge in [-0.05, 0) is 34.5 Å². The van der Waals surface area contributed by atoms with Crippen molar-refractivity contribution in [3.05, 3.63) is 64.6 Å². The van der Waals surface area contributed by atoms with Crippen LogP contribution in [0.25, 0.3) is 5.69 Å². The molecule has 5 heteroatoms. The molecule has 0 radical (unpaired) electrons. The number of para-hydroxylation sites is 1.